The van der Waals surface area contributed by atoms with Crippen LogP contribution in [0.1, 0.15) is 18.2 Å². The van der Waals surface area contributed by atoms with E-state index in [0.29, 0.717) is 22.0 Å². The van der Waals surface area contributed by atoms with E-state index >= 15 is 0 Å². The van der Waals surface area contributed by atoms with Gasteiger partial charge in [0.25, 0.3) is 0 Å². The number of hydrogen-bond acceptors (Lipinski definition) is 6. The van der Waals surface area contributed by atoms with Crippen LogP contribution in [0.3, 0.4) is 0 Å². The molecule has 1 aromatic heterocycles. The lowest BCUT2D eigenvalue weighted by molar-refractivity contribution is -0.152. The number of benzene rings is 2. The summed E-state index contributed by atoms with van der Waals surface area (Å²) in [6.07, 6.45) is -0.778. The zero-order chi connectivity index (χ0) is 19.2. The summed E-state index contributed by atoms with van der Waals surface area (Å²) in [6, 6.07) is 16.0. The lowest BCUT2D eigenvalue weighted by Gasteiger charge is -2.13. The third-order valence-electron chi connectivity index (χ3n) is 3.65. The third kappa shape index (κ3) is 4.85. The molecular formula is C20H15ClN2O3S. The van der Waals surface area contributed by atoms with Gasteiger partial charge in [0, 0.05) is 10.9 Å². The molecule has 0 bridgehead atoms. The van der Waals surface area contributed by atoms with E-state index in [1.165, 1.54) is 11.3 Å². The molecule has 0 spiro atoms. The number of nitriles is 1. The smallest absolute Gasteiger partial charge is 0.347 e. The Labute approximate surface area is 165 Å². The van der Waals surface area contributed by atoms with Crippen molar-refractivity contribution in [3.05, 3.63) is 70.2 Å². The highest BCUT2D eigenvalue weighted by molar-refractivity contribution is 7.13. The van der Waals surface area contributed by atoms with Crippen LogP contribution in [0.5, 0.6) is 5.75 Å². The normalized spacial score (nSPS) is 11.4. The van der Waals surface area contributed by atoms with Crippen LogP contribution in [0.4, 0.5) is 0 Å². The summed E-state index contributed by atoms with van der Waals surface area (Å²) in [4.78, 5) is 16.6. The maximum Gasteiger partial charge on any atom is 0.347 e. The molecule has 2 aromatic carbocycles. The fourth-order valence-corrected chi connectivity index (χ4v) is 3.38. The summed E-state index contributed by atoms with van der Waals surface area (Å²) in [5.74, 6) is -0.000215. The van der Waals surface area contributed by atoms with Gasteiger partial charge in [-0.1, -0.05) is 29.8 Å². The Morgan fingerprint density at radius 2 is 2.00 bits per heavy atom. The van der Waals surface area contributed by atoms with E-state index < -0.39 is 12.1 Å². The Kier molecular flexibility index (Phi) is 6.07. The first-order valence-electron chi connectivity index (χ1n) is 8.09. The molecule has 0 amide bonds. The van der Waals surface area contributed by atoms with Gasteiger partial charge in [-0.15, -0.1) is 11.3 Å². The molecular weight excluding hydrogens is 384 g/mol. The van der Waals surface area contributed by atoms with Crippen molar-refractivity contribution in [2.75, 3.05) is 0 Å². The van der Waals surface area contributed by atoms with E-state index in [4.69, 9.17) is 26.3 Å². The molecule has 27 heavy (non-hydrogen) atoms. The monoisotopic (exact) mass is 398 g/mol. The first-order chi connectivity index (χ1) is 13.1. The quantitative estimate of drug-likeness (QED) is 0.555. The molecule has 0 saturated carbocycles. The number of nitrogens with zero attached hydrogens (tertiary/aromatic N) is 2. The number of carbonyl (C=O) groups is 1. The van der Waals surface area contributed by atoms with Crippen molar-refractivity contribution < 1.29 is 14.3 Å². The summed E-state index contributed by atoms with van der Waals surface area (Å²) >= 11 is 7.62. The molecule has 1 heterocycles. The molecule has 0 fully saturated rings. The molecule has 1 atom stereocenters. The number of aromatic nitrogens is 1. The van der Waals surface area contributed by atoms with Crippen molar-refractivity contribution >= 4 is 28.9 Å². The van der Waals surface area contributed by atoms with Crippen LogP contribution in [-0.2, 0) is 16.1 Å². The average Bonchev–Trinajstić information content (AvgIpc) is 3.15. The molecule has 0 unspecified atom stereocenters. The number of ether oxygens (including phenoxy) is 2. The van der Waals surface area contributed by atoms with Gasteiger partial charge in [0.05, 0.1) is 22.3 Å². The van der Waals surface area contributed by atoms with Crippen molar-refractivity contribution in [3.63, 3.8) is 0 Å². The van der Waals surface area contributed by atoms with Crippen LogP contribution in [0, 0.1) is 11.3 Å². The van der Waals surface area contributed by atoms with E-state index in [0.717, 1.165) is 10.6 Å². The van der Waals surface area contributed by atoms with Gasteiger partial charge >= 0.3 is 5.97 Å². The second-order valence-electron chi connectivity index (χ2n) is 5.63. The number of thiazole rings is 1. The van der Waals surface area contributed by atoms with Crippen LogP contribution in [0.15, 0.2) is 53.9 Å². The van der Waals surface area contributed by atoms with Gasteiger partial charge in [-0.05, 0) is 37.3 Å². The second kappa shape index (κ2) is 8.67. The average molecular weight is 399 g/mol. The number of hydrogen-bond donors (Lipinski definition) is 0. The number of esters is 1. The van der Waals surface area contributed by atoms with Gasteiger partial charge in [0.15, 0.2) is 6.10 Å². The molecule has 0 aliphatic carbocycles. The molecule has 7 heteroatoms. The van der Waals surface area contributed by atoms with Crippen LogP contribution < -0.4 is 4.74 Å². The molecule has 0 radical (unpaired) electrons. The summed E-state index contributed by atoms with van der Waals surface area (Å²) in [6.45, 7) is 1.66. The van der Waals surface area contributed by atoms with Gasteiger partial charge in [0.1, 0.15) is 17.4 Å². The first-order valence-corrected chi connectivity index (χ1v) is 9.35. The summed E-state index contributed by atoms with van der Waals surface area (Å²) in [5, 5.41) is 12.0. The summed E-state index contributed by atoms with van der Waals surface area (Å²) < 4.78 is 10.8. The molecule has 3 aromatic rings. The van der Waals surface area contributed by atoms with Gasteiger partial charge in [-0.2, -0.15) is 5.26 Å². The Morgan fingerprint density at radius 1 is 1.26 bits per heavy atom. The largest absolute Gasteiger partial charge is 0.479 e. The van der Waals surface area contributed by atoms with Gasteiger partial charge in [-0.25, -0.2) is 9.78 Å². The molecule has 3 rings (SSSR count). The maximum atomic E-state index is 12.1. The summed E-state index contributed by atoms with van der Waals surface area (Å²) in [5.41, 5.74) is 2.02. The Morgan fingerprint density at radius 3 is 2.70 bits per heavy atom. The SMILES string of the molecule is C[C@@H](Oc1ccc(C#N)cc1)C(=O)OCc1csc(-c2ccccc2Cl)n1. The predicted molar refractivity (Wildman–Crippen MR) is 104 cm³/mol. The van der Waals surface area contributed by atoms with Gasteiger partial charge in [-0.3, -0.25) is 0 Å². The van der Waals surface area contributed by atoms with E-state index in [1.807, 2.05) is 29.6 Å². The fraction of sp³-hybridized carbons (Fsp3) is 0.150. The first kappa shape index (κ1) is 18.9. The zero-order valence-corrected chi connectivity index (χ0v) is 16.0. The molecule has 0 aliphatic rings. The standard InChI is InChI=1S/C20H15ClN2O3S/c1-13(26-16-8-6-14(10-22)7-9-16)20(24)25-11-15-12-27-19(23-15)17-4-2-3-5-18(17)21/h2-9,12-13H,11H2,1H3/t13-/m1/s1. The minimum absolute atomic E-state index is 0.0564. The minimum Gasteiger partial charge on any atom is -0.479 e. The maximum absolute atomic E-state index is 12.1. The van der Waals surface area contributed by atoms with Crippen molar-refractivity contribution in [2.45, 2.75) is 19.6 Å². The van der Waals surface area contributed by atoms with E-state index in [-0.39, 0.29) is 6.61 Å². The van der Waals surface area contributed by atoms with Crippen LogP contribution in [0.25, 0.3) is 10.6 Å². The Bertz CT molecular complexity index is 979. The molecule has 0 saturated heterocycles. The van der Waals surface area contributed by atoms with E-state index in [2.05, 4.69) is 4.98 Å². The van der Waals surface area contributed by atoms with Gasteiger partial charge in [0.2, 0.25) is 0 Å². The topological polar surface area (TPSA) is 72.2 Å². The molecule has 136 valence electrons. The number of carbonyl (C=O) groups excluding carboxylic acids is 1. The van der Waals surface area contributed by atoms with E-state index in [1.54, 1.807) is 37.3 Å². The Hall–Kier alpha value is -2.88. The van der Waals surface area contributed by atoms with Crippen LogP contribution in [-0.4, -0.2) is 17.1 Å². The number of rotatable bonds is 6. The van der Waals surface area contributed by atoms with Crippen molar-refractivity contribution in [1.82, 2.24) is 4.98 Å². The molecule has 0 aliphatic heterocycles. The zero-order valence-electron chi connectivity index (χ0n) is 14.4. The predicted octanol–water partition coefficient (Wildman–Crippen LogP) is 4.85. The van der Waals surface area contributed by atoms with Crippen molar-refractivity contribution in [2.24, 2.45) is 0 Å². The van der Waals surface area contributed by atoms with Crippen LogP contribution >= 0.6 is 22.9 Å². The highest BCUT2D eigenvalue weighted by Crippen LogP contribution is 2.30. The second-order valence-corrected chi connectivity index (χ2v) is 6.89. The van der Waals surface area contributed by atoms with Crippen molar-refractivity contribution in [1.29, 1.82) is 5.26 Å². The summed E-state index contributed by atoms with van der Waals surface area (Å²) in [7, 11) is 0. The molecule has 5 nitrogen and oxygen atoms in total. The lowest BCUT2D eigenvalue weighted by atomic mass is 10.2. The van der Waals surface area contributed by atoms with Crippen molar-refractivity contribution in [3.8, 4) is 22.4 Å². The highest BCUT2D eigenvalue weighted by atomic mass is 35.5. The lowest BCUT2D eigenvalue weighted by Crippen LogP contribution is -2.26. The van der Waals surface area contributed by atoms with E-state index in [9.17, 15) is 4.79 Å². The third-order valence-corrected chi connectivity index (χ3v) is 4.90. The fourth-order valence-electron chi connectivity index (χ4n) is 2.25. The molecule has 0 N–H and O–H groups in total. The van der Waals surface area contributed by atoms with Crippen LogP contribution in [0.2, 0.25) is 5.02 Å². The highest BCUT2D eigenvalue weighted by Gasteiger charge is 2.17. The number of halogens is 1. The Balaban J connectivity index is 1.56. The van der Waals surface area contributed by atoms with Gasteiger partial charge < -0.3 is 9.47 Å². The minimum atomic E-state index is -0.778.